The Labute approximate surface area is 93.8 Å². The highest BCUT2D eigenvalue weighted by Gasteiger charge is 2.22. The topological polar surface area (TPSA) is 18.5 Å². The van der Waals surface area contributed by atoms with Crippen LogP contribution in [0.5, 0.6) is 0 Å². The second-order valence-corrected chi connectivity index (χ2v) is 4.98. The monoisotopic (exact) mass is 250 g/mol. The Morgan fingerprint density at radius 2 is 1.44 bits per heavy atom. The summed E-state index contributed by atoms with van der Waals surface area (Å²) in [5.74, 6) is -3.12. The predicted octanol–water partition coefficient (Wildman–Crippen LogP) is 1.60. The maximum absolute atomic E-state index is 13.4. The standard InChI is InChI=1S/C10H13F3O2Si/c1-3-14-16(15-4-2)10-6-8(12)7(11)5-9(10)13/h5-6,16H,3-4H2,1-2H3. The molecule has 6 heteroatoms. The van der Waals surface area contributed by atoms with Crippen LogP contribution in [0.15, 0.2) is 12.1 Å². The highest BCUT2D eigenvalue weighted by atomic mass is 28.3. The lowest BCUT2D eigenvalue weighted by atomic mass is 10.3. The van der Waals surface area contributed by atoms with E-state index in [-0.39, 0.29) is 5.19 Å². The van der Waals surface area contributed by atoms with Gasteiger partial charge in [-0.05, 0) is 19.9 Å². The van der Waals surface area contributed by atoms with Crippen LogP contribution in [0.25, 0.3) is 0 Å². The molecule has 90 valence electrons. The Bertz CT molecular complexity index is 354. The quantitative estimate of drug-likeness (QED) is 0.584. The Morgan fingerprint density at radius 3 is 1.94 bits per heavy atom. The average Bonchev–Trinajstić information content (AvgIpc) is 2.23. The van der Waals surface area contributed by atoms with Gasteiger partial charge in [-0.1, -0.05) is 0 Å². The van der Waals surface area contributed by atoms with Gasteiger partial charge in [-0.15, -0.1) is 0 Å². The van der Waals surface area contributed by atoms with Crippen molar-refractivity contribution in [2.75, 3.05) is 13.2 Å². The maximum atomic E-state index is 13.4. The molecule has 1 aromatic rings. The molecule has 0 saturated heterocycles. The summed E-state index contributed by atoms with van der Waals surface area (Å²) in [5, 5.41) is 0.00241. The van der Waals surface area contributed by atoms with E-state index in [1.165, 1.54) is 0 Å². The van der Waals surface area contributed by atoms with E-state index in [4.69, 9.17) is 8.85 Å². The van der Waals surface area contributed by atoms with E-state index < -0.39 is 26.7 Å². The first kappa shape index (κ1) is 13.2. The zero-order chi connectivity index (χ0) is 12.1. The molecular formula is C10H13F3O2Si. The van der Waals surface area contributed by atoms with E-state index in [2.05, 4.69) is 0 Å². The van der Waals surface area contributed by atoms with Crippen LogP contribution < -0.4 is 5.19 Å². The summed E-state index contributed by atoms with van der Waals surface area (Å²) < 4.78 is 49.5. The van der Waals surface area contributed by atoms with Crippen LogP contribution in [0.3, 0.4) is 0 Å². The Kier molecular flexibility index (Phi) is 4.97. The second kappa shape index (κ2) is 6.02. The first-order valence-electron chi connectivity index (χ1n) is 4.97. The molecule has 1 aromatic carbocycles. The largest absolute Gasteiger partial charge is 0.394 e. The third-order valence-corrected chi connectivity index (χ3v) is 4.15. The molecule has 0 atom stereocenters. The molecule has 0 bridgehead atoms. The van der Waals surface area contributed by atoms with Crippen molar-refractivity contribution < 1.29 is 22.0 Å². The lowest BCUT2D eigenvalue weighted by molar-refractivity contribution is 0.224. The lowest BCUT2D eigenvalue weighted by Gasteiger charge is -2.15. The summed E-state index contributed by atoms with van der Waals surface area (Å²) in [4.78, 5) is 0. The van der Waals surface area contributed by atoms with E-state index in [1.54, 1.807) is 13.8 Å². The Morgan fingerprint density at radius 1 is 0.938 bits per heavy atom. The predicted molar refractivity (Wildman–Crippen MR) is 56.4 cm³/mol. The fourth-order valence-corrected chi connectivity index (χ4v) is 2.90. The van der Waals surface area contributed by atoms with Gasteiger partial charge in [-0.2, -0.15) is 0 Å². The maximum Gasteiger partial charge on any atom is 0.358 e. The number of benzene rings is 1. The molecule has 0 heterocycles. The number of hydrogen-bond acceptors (Lipinski definition) is 2. The zero-order valence-electron chi connectivity index (χ0n) is 9.10. The van der Waals surface area contributed by atoms with Gasteiger partial charge < -0.3 is 8.85 Å². The van der Waals surface area contributed by atoms with Crippen LogP contribution in [0, 0.1) is 17.5 Å². The molecular weight excluding hydrogens is 237 g/mol. The summed E-state index contributed by atoms with van der Waals surface area (Å²) in [7, 11) is -2.46. The van der Waals surface area contributed by atoms with Gasteiger partial charge in [-0.25, -0.2) is 13.2 Å². The van der Waals surface area contributed by atoms with Gasteiger partial charge in [0, 0.05) is 24.5 Å². The molecule has 16 heavy (non-hydrogen) atoms. The molecule has 0 aliphatic carbocycles. The van der Waals surface area contributed by atoms with Gasteiger partial charge >= 0.3 is 9.28 Å². The molecule has 2 nitrogen and oxygen atoms in total. The molecule has 0 unspecified atom stereocenters. The van der Waals surface area contributed by atoms with Gasteiger partial charge in [0.05, 0.1) is 0 Å². The van der Waals surface area contributed by atoms with Crippen molar-refractivity contribution in [3.8, 4) is 0 Å². The van der Waals surface area contributed by atoms with Crippen LogP contribution in [0.2, 0.25) is 0 Å². The lowest BCUT2D eigenvalue weighted by Crippen LogP contribution is -2.39. The van der Waals surface area contributed by atoms with Gasteiger partial charge in [0.25, 0.3) is 0 Å². The minimum absolute atomic E-state index is 0.00241. The molecule has 0 N–H and O–H groups in total. The number of rotatable bonds is 5. The second-order valence-electron chi connectivity index (χ2n) is 3.03. The molecule has 0 aliphatic heterocycles. The van der Waals surface area contributed by atoms with E-state index >= 15 is 0 Å². The van der Waals surface area contributed by atoms with Crippen LogP contribution in [-0.4, -0.2) is 22.5 Å². The minimum atomic E-state index is -2.46. The third kappa shape index (κ3) is 3.07. The van der Waals surface area contributed by atoms with Gasteiger partial charge in [0.1, 0.15) is 5.82 Å². The molecule has 0 fully saturated rings. The Hall–Kier alpha value is -0.853. The Balaban J connectivity index is 3.03. The average molecular weight is 250 g/mol. The van der Waals surface area contributed by atoms with Gasteiger partial charge in [0.15, 0.2) is 11.6 Å². The summed E-state index contributed by atoms with van der Waals surface area (Å²) >= 11 is 0. The molecule has 0 aliphatic rings. The smallest absolute Gasteiger partial charge is 0.358 e. The summed E-state index contributed by atoms with van der Waals surface area (Å²) in [6, 6.07) is 1.33. The van der Waals surface area contributed by atoms with Crippen molar-refractivity contribution in [2.45, 2.75) is 13.8 Å². The molecule has 0 aromatic heterocycles. The fourth-order valence-electron chi connectivity index (χ4n) is 1.25. The van der Waals surface area contributed by atoms with Crippen molar-refractivity contribution in [1.29, 1.82) is 0 Å². The van der Waals surface area contributed by atoms with E-state index in [0.717, 1.165) is 6.07 Å². The van der Waals surface area contributed by atoms with E-state index in [1.807, 2.05) is 0 Å². The highest BCUT2D eigenvalue weighted by Crippen LogP contribution is 2.07. The molecule has 0 radical (unpaired) electrons. The summed E-state index contributed by atoms with van der Waals surface area (Å²) in [5.41, 5.74) is 0. The van der Waals surface area contributed by atoms with Crippen molar-refractivity contribution in [3.05, 3.63) is 29.6 Å². The SMILES string of the molecule is CCO[SiH](OCC)c1cc(F)c(F)cc1F. The third-order valence-electron chi connectivity index (χ3n) is 1.93. The molecule has 1 rings (SSSR count). The van der Waals surface area contributed by atoms with E-state index in [0.29, 0.717) is 19.3 Å². The van der Waals surface area contributed by atoms with Crippen LogP contribution >= 0.6 is 0 Å². The van der Waals surface area contributed by atoms with E-state index in [9.17, 15) is 13.2 Å². The molecule has 0 amide bonds. The van der Waals surface area contributed by atoms with Crippen LogP contribution in [-0.2, 0) is 8.85 Å². The van der Waals surface area contributed by atoms with Gasteiger partial charge in [0.2, 0.25) is 0 Å². The number of hydrogen-bond donors (Lipinski definition) is 0. The fraction of sp³-hybridized carbons (Fsp3) is 0.400. The van der Waals surface area contributed by atoms with Crippen molar-refractivity contribution in [1.82, 2.24) is 0 Å². The van der Waals surface area contributed by atoms with Gasteiger partial charge in [-0.3, -0.25) is 0 Å². The summed E-state index contributed by atoms with van der Waals surface area (Å²) in [6.45, 7) is 4.15. The first-order valence-corrected chi connectivity index (χ1v) is 6.49. The zero-order valence-corrected chi connectivity index (χ0v) is 10.3. The first-order chi connectivity index (χ1) is 7.60. The van der Waals surface area contributed by atoms with Crippen molar-refractivity contribution in [2.24, 2.45) is 0 Å². The van der Waals surface area contributed by atoms with Crippen LogP contribution in [0.4, 0.5) is 13.2 Å². The van der Waals surface area contributed by atoms with Crippen molar-refractivity contribution in [3.63, 3.8) is 0 Å². The van der Waals surface area contributed by atoms with Crippen molar-refractivity contribution >= 4 is 14.5 Å². The highest BCUT2D eigenvalue weighted by molar-refractivity contribution is 6.61. The normalized spacial score (nSPS) is 11.1. The number of halogens is 3. The minimum Gasteiger partial charge on any atom is -0.394 e. The molecule has 0 saturated carbocycles. The van der Waals surface area contributed by atoms with Crippen LogP contribution in [0.1, 0.15) is 13.8 Å². The summed E-state index contributed by atoms with van der Waals surface area (Å²) in [6.07, 6.45) is 0. The molecule has 0 spiro atoms.